The number of hydrogen-bond donors (Lipinski definition) is 2. The Bertz CT molecular complexity index is 1090. The van der Waals surface area contributed by atoms with Crippen LogP contribution in [0.1, 0.15) is 35.5 Å². The SMILES string of the molecule is CCN(CC)Cc1ccc(Nc2cc(-c3c(F)cccc3F)nc3c2C(=O)NC3)cc1. The third-order valence-corrected chi connectivity index (χ3v) is 5.49. The lowest BCUT2D eigenvalue weighted by Gasteiger charge is -2.18. The minimum atomic E-state index is -0.698. The van der Waals surface area contributed by atoms with E-state index in [1.165, 1.54) is 29.8 Å². The molecule has 4 rings (SSSR count). The standard InChI is InChI=1S/C24H24F2N4O/c1-3-30(4-2)14-15-8-10-16(11-9-15)28-20-12-19(22-17(25)6-5-7-18(22)26)29-21-13-27-24(31)23(20)21/h5-12H,3-4,13-14H2,1-2H3,(H,27,31)(H,28,29). The maximum absolute atomic E-state index is 14.3. The summed E-state index contributed by atoms with van der Waals surface area (Å²) in [5, 5.41) is 5.96. The van der Waals surface area contributed by atoms with Crippen molar-refractivity contribution in [3.63, 3.8) is 0 Å². The Morgan fingerprint density at radius 1 is 1.03 bits per heavy atom. The van der Waals surface area contributed by atoms with Crippen LogP contribution in [0.15, 0.2) is 48.5 Å². The second-order valence-electron chi connectivity index (χ2n) is 7.44. The highest BCUT2D eigenvalue weighted by Gasteiger charge is 2.27. The van der Waals surface area contributed by atoms with E-state index >= 15 is 0 Å². The highest BCUT2D eigenvalue weighted by atomic mass is 19.1. The minimum Gasteiger partial charge on any atom is -0.355 e. The van der Waals surface area contributed by atoms with Gasteiger partial charge in [-0.2, -0.15) is 0 Å². The largest absolute Gasteiger partial charge is 0.355 e. The van der Waals surface area contributed by atoms with Crippen molar-refractivity contribution < 1.29 is 13.6 Å². The van der Waals surface area contributed by atoms with Gasteiger partial charge in [0.2, 0.25) is 0 Å². The predicted octanol–water partition coefficient (Wildman–Crippen LogP) is 4.86. The van der Waals surface area contributed by atoms with Gasteiger partial charge in [0.1, 0.15) is 11.6 Å². The molecule has 0 spiro atoms. The van der Waals surface area contributed by atoms with Crippen LogP contribution in [0, 0.1) is 11.6 Å². The molecular weight excluding hydrogens is 398 g/mol. The molecule has 31 heavy (non-hydrogen) atoms. The summed E-state index contributed by atoms with van der Waals surface area (Å²) in [5.41, 5.74) is 3.22. The molecule has 0 bridgehead atoms. The van der Waals surface area contributed by atoms with Crippen LogP contribution in [-0.2, 0) is 13.1 Å². The van der Waals surface area contributed by atoms with Gasteiger partial charge in [0.25, 0.3) is 5.91 Å². The lowest BCUT2D eigenvalue weighted by atomic mass is 10.1. The third-order valence-electron chi connectivity index (χ3n) is 5.49. The Labute approximate surface area is 180 Å². The van der Waals surface area contributed by atoms with E-state index in [0.717, 1.165) is 25.3 Å². The number of pyridine rings is 1. The van der Waals surface area contributed by atoms with E-state index in [0.29, 0.717) is 16.9 Å². The van der Waals surface area contributed by atoms with Crippen molar-refractivity contribution in [1.29, 1.82) is 0 Å². The number of carbonyl (C=O) groups is 1. The topological polar surface area (TPSA) is 57.3 Å². The second-order valence-corrected chi connectivity index (χ2v) is 7.44. The molecule has 1 amide bonds. The van der Waals surface area contributed by atoms with Crippen molar-refractivity contribution in [3.8, 4) is 11.3 Å². The first-order valence-corrected chi connectivity index (χ1v) is 10.3. The predicted molar refractivity (Wildman–Crippen MR) is 117 cm³/mol. The summed E-state index contributed by atoms with van der Waals surface area (Å²) >= 11 is 0. The van der Waals surface area contributed by atoms with Gasteiger partial charge in [-0.1, -0.05) is 32.0 Å². The molecular formula is C24H24F2N4O. The highest BCUT2D eigenvalue weighted by Crippen LogP contribution is 2.33. The van der Waals surface area contributed by atoms with Crippen molar-refractivity contribution in [2.75, 3.05) is 18.4 Å². The van der Waals surface area contributed by atoms with E-state index < -0.39 is 11.6 Å². The number of fused-ring (bicyclic) bond motifs is 1. The number of nitrogens with one attached hydrogen (secondary N) is 2. The van der Waals surface area contributed by atoms with E-state index in [1.807, 2.05) is 24.3 Å². The molecule has 0 atom stereocenters. The molecule has 0 aliphatic carbocycles. The molecule has 0 unspecified atom stereocenters. The van der Waals surface area contributed by atoms with Gasteiger partial charge in [-0.3, -0.25) is 9.69 Å². The molecule has 5 nitrogen and oxygen atoms in total. The molecule has 0 saturated heterocycles. The molecule has 1 aliphatic heterocycles. The summed E-state index contributed by atoms with van der Waals surface area (Å²) < 4.78 is 28.7. The van der Waals surface area contributed by atoms with Crippen LogP contribution in [0.3, 0.4) is 0 Å². The number of nitrogens with zero attached hydrogens (tertiary/aromatic N) is 2. The molecule has 0 fully saturated rings. The molecule has 0 saturated carbocycles. The van der Waals surface area contributed by atoms with Crippen LogP contribution in [-0.4, -0.2) is 28.9 Å². The van der Waals surface area contributed by atoms with Crippen molar-refractivity contribution in [1.82, 2.24) is 15.2 Å². The number of rotatable bonds is 7. The summed E-state index contributed by atoms with van der Waals surface area (Å²) in [6.45, 7) is 7.29. The van der Waals surface area contributed by atoms with E-state index in [4.69, 9.17) is 0 Å². The molecule has 2 N–H and O–H groups in total. The van der Waals surface area contributed by atoms with Gasteiger partial charge in [0.15, 0.2) is 0 Å². The number of hydrogen-bond acceptors (Lipinski definition) is 4. The molecule has 160 valence electrons. The van der Waals surface area contributed by atoms with Gasteiger partial charge in [-0.25, -0.2) is 13.8 Å². The van der Waals surface area contributed by atoms with Crippen molar-refractivity contribution in [2.24, 2.45) is 0 Å². The summed E-state index contributed by atoms with van der Waals surface area (Å²) in [5.74, 6) is -1.66. The first-order valence-electron chi connectivity index (χ1n) is 10.3. The number of carbonyl (C=O) groups excluding carboxylic acids is 1. The average molecular weight is 422 g/mol. The Kier molecular flexibility index (Phi) is 5.95. The number of aromatic nitrogens is 1. The summed E-state index contributed by atoms with van der Waals surface area (Å²) in [6.07, 6.45) is 0. The smallest absolute Gasteiger partial charge is 0.255 e. The first kappa shape index (κ1) is 20.9. The summed E-state index contributed by atoms with van der Waals surface area (Å²) in [4.78, 5) is 19.0. The van der Waals surface area contributed by atoms with Crippen LogP contribution >= 0.6 is 0 Å². The summed E-state index contributed by atoms with van der Waals surface area (Å²) in [7, 11) is 0. The first-order chi connectivity index (χ1) is 15.0. The van der Waals surface area contributed by atoms with Gasteiger partial charge >= 0.3 is 0 Å². The number of benzene rings is 2. The minimum absolute atomic E-state index is 0.145. The molecule has 2 heterocycles. The van der Waals surface area contributed by atoms with Crippen molar-refractivity contribution in [3.05, 3.63) is 77.0 Å². The average Bonchev–Trinajstić information content (AvgIpc) is 3.14. The zero-order chi connectivity index (χ0) is 22.0. The normalized spacial score (nSPS) is 12.7. The maximum atomic E-state index is 14.3. The van der Waals surface area contributed by atoms with Gasteiger partial charge in [-0.05, 0) is 49.0 Å². The lowest BCUT2D eigenvalue weighted by molar-refractivity contribution is 0.0966. The number of anilines is 2. The van der Waals surface area contributed by atoms with Gasteiger partial charge in [0, 0.05) is 12.2 Å². The fourth-order valence-corrected chi connectivity index (χ4v) is 3.76. The van der Waals surface area contributed by atoms with Crippen LogP contribution in [0.4, 0.5) is 20.2 Å². The Hall–Kier alpha value is -3.32. The Morgan fingerprint density at radius 3 is 2.35 bits per heavy atom. The fraction of sp³-hybridized carbons (Fsp3) is 0.250. The maximum Gasteiger partial charge on any atom is 0.255 e. The monoisotopic (exact) mass is 422 g/mol. The van der Waals surface area contributed by atoms with Crippen LogP contribution < -0.4 is 10.6 Å². The van der Waals surface area contributed by atoms with Gasteiger partial charge < -0.3 is 10.6 Å². The zero-order valence-corrected chi connectivity index (χ0v) is 17.5. The van der Waals surface area contributed by atoms with E-state index in [2.05, 4.69) is 34.4 Å². The van der Waals surface area contributed by atoms with E-state index in [1.54, 1.807) is 0 Å². The lowest BCUT2D eigenvalue weighted by Crippen LogP contribution is -2.21. The quantitative estimate of drug-likeness (QED) is 0.571. The van der Waals surface area contributed by atoms with E-state index in [-0.39, 0.29) is 23.7 Å². The van der Waals surface area contributed by atoms with Crippen molar-refractivity contribution in [2.45, 2.75) is 26.9 Å². The Balaban J connectivity index is 1.68. The van der Waals surface area contributed by atoms with Gasteiger partial charge in [0.05, 0.1) is 34.7 Å². The molecule has 2 aromatic carbocycles. The molecule has 1 aromatic heterocycles. The summed E-state index contributed by atoms with van der Waals surface area (Å²) in [6, 6.07) is 13.1. The fourth-order valence-electron chi connectivity index (χ4n) is 3.76. The second kappa shape index (κ2) is 8.81. The zero-order valence-electron chi connectivity index (χ0n) is 17.5. The van der Waals surface area contributed by atoms with Crippen LogP contribution in [0.25, 0.3) is 11.3 Å². The molecule has 0 radical (unpaired) electrons. The number of halogens is 2. The van der Waals surface area contributed by atoms with Gasteiger partial charge in [-0.15, -0.1) is 0 Å². The Morgan fingerprint density at radius 2 is 1.71 bits per heavy atom. The molecule has 3 aromatic rings. The number of amides is 1. The van der Waals surface area contributed by atoms with Crippen LogP contribution in [0.5, 0.6) is 0 Å². The molecule has 7 heteroatoms. The highest BCUT2D eigenvalue weighted by molar-refractivity contribution is 6.04. The third kappa shape index (κ3) is 4.27. The molecule has 1 aliphatic rings. The van der Waals surface area contributed by atoms with E-state index in [9.17, 15) is 13.6 Å². The van der Waals surface area contributed by atoms with Crippen molar-refractivity contribution >= 4 is 17.3 Å². The van der Waals surface area contributed by atoms with Crippen LogP contribution in [0.2, 0.25) is 0 Å².